The molecule has 0 radical (unpaired) electrons. The van der Waals surface area contributed by atoms with Crippen LogP contribution in [0.3, 0.4) is 0 Å². The first-order chi connectivity index (χ1) is 11.8. The van der Waals surface area contributed by atoms with Crippen molar-refractivity contribution in [2.45, 2.75) is 32.6 Å². The van der Waals surface area contributed by atoms with Crippen molar-refractivity contribution in [3.63, 3.8) is 0 Å². The van der Waals surface area contributed by atoms with E-state index in [0.717, 1.165) is 24.3 Å². The molecule has 1 amide bonds. The average molecular weight is 343 g/mol. The summed E-state index contributed by atoms with van der Waals surface area (Å²) in [5.74, 6) is -0.266. The summed E-state index contributed by atoms with van der Waals surface area (Å²) in [6.45, 7) is 2.16. The molecule has 0 spiro atoms. The Morgan fingerprint density at radius 1 is 1.25 bits per heavy atom. The van der Waals surface area contributed by atoms with Crippen LogP contribution in [0.15, 0.2) is 30.6 Å². The van der Waals surface area contributed by atoms with Gasteiger partial charge >= 0.3 is 0 Å². The van der Waals surface area contributed by atoms with Gasteiger partial charge in [-0.2, -0.15) is 4.68 Å². The van der Waals surface area contributed by atoms with Gasteiger partial charge in [0, 0.05) is 6.42 Å². The second-order valence-electron chi connectivity index (χ2n) is 5.18. The lowest BCUT2D eigenvalue weighted by atomic mass is 10.1. The number of hydrogen-bond donors (Lipinski definition) is 1. The fraction of sp³-hybridized carbons (Fsp3) is 0.333. The van der Waals surface area contributed by atoms with Gasteiger partial charge in [-0.1, -0.05) is 43.2 Å². The van der Waals surface area contributed by atoms with E-state index in [1.54, 1.807) is 18.2 Å². The molecule has 0 atom stereocenters. The smallest absolute Gasteiger partial charge is 0.259 e. The molecular weight excluding hydrogens is 326 g/mol. The molecule has 0 bridgehead atoms. The molecule has 1 N–H and O–H groups in total. The van der Waals surface area contributed by atoms with Gasteiger partial charge in [-0.25, -0.2) is 0 Å². The summed E-state index contributed by atoms with van der Waals surface area (Å²) in [5.41, 5.74) is 1.07. The number of tetrazole rings is 1. The third-order valence-corrected chi connectivity index (χ3v) is 4.32. The number of rotatable bonds is 7. The van der Waals surface area contributed by atoms with Gasteiger partial charge in [-0.15, -0.1) is 15.3 Å². The number of carbonyl (C=O) groups is 1. The normalized spacial score (nSPS) is 10.7. The number of para-hydroxylation sites is 1. The van der Waals surface area contributed by atoms with Crippen LogP contribution in [0.5, 0.6) is 0 Å². The highest BCUT2D eigenvalue weighted by atomic mass is 32.1. The first kappa shape index (κ1) is 16.2. The van der Waals surface area contributed by atoms with Crippen molar-refractivity contribution < 1.29 is 4.79 Å². The van der Waals surface area contributed by atoms with Crippen LogP contribution in [-0.2, 0) is 6.42 Å². The number of aryl methyl sites for hydroxylation is 1. The third-order valence-electron chi connectivity index (χ3n) is 3.43. The summed E-state index contributed by atoms with van der Waals surface area (Å²) in [4.78, 5) is 12.5. The quantitative estimate of drug-likeness (QED) is 0.662. The van der Waals surface area contributed by atoms with Gasteiger partial charge in [-0.3, -0.25) is 10.1 Å². The summed E-state index contributed by atoms with van der Waals surface area (Å²) >= 11 is 1.41. The fourth-order valence-corrected chi connectivity index (χ4v) is 3.01. The predicted molar refractivity (Wildman–Crippen MR) is 90.2 cm³/mol. The number of benzene rings is 1. The largest absolute Gasteiger partial charge is 0.296 e. The minimum atomic E-state index is -0.266. The van der Waals surface area contributed by atoms with E-state index < -0.39 is 0 Å². The molecule has 24 heavy (non-hydrogen) atoms. The van der Waals surface area contributed by atoms with E-state index >= 15 is 0 Å². The van der Waals surface area contributed by atoms with E-state index in [1.165, 1.54) is 28.8 Å². The number of amides is 1. The van der Waals surface area contributed by atoms with Crippen LogP contribution in [0, 0.1) is 0 Å². The minimum Gasteiger partial charge on any atom is -0.296 e. The molecule has 0 aliphatic heterocycles. The molecule has 1 aromatic carbocycles. The highest BCUT2D eigenvalue weighted by molar-refractivity contribution is 7.15. The Hall–Kier alpha value is -2.68. The van der Waals surface area contributed by atoms with Crippen molar-refractivity contribution in [1.82, 2.24) is 30.4 Å². The first-order valence-corrected chi connectivity index (χ1v) is 8.55. The Bertz CT molecular complexity index is 800. The van der Waals surface area contributed by atoms with Crippen LogP contribution >= 0.6 is 11.3 Å². The van der Waals surface area contributed by atoms with Crippen molar-refractivity contribution >= 4 is 22.4 Å². The zero-order valence-electron chi connectivity index (χ0n) is 13.2. The highest BCUT2D eigenvalue weighted by Gasteiger charge is 2.15. The van der Waals surface area contributed by atoms with E-state index in [4.69, 9.17) is 0 Å². The van der Waals surface area contributed by atoms with Crippen LogP contribution in [-0.4, -0.2) is 36.3 Å². The van der Waals surface area contributed by atoms with Crippen LogP contribution in [0.2, 0.25) is 0 Å². The maximum absolute atomic E-state index is 12.5. The van der Waals surface area contributed by atoms with Crippen LogP contribution in [0.4, 0.5) is 5.13 Å². The van der Waals surface area contributed by atoms with E-state index in [1.807, 2.05) is 6.07 Å². The molecule has 0 aliphatic rings. The van der Waals surface area contributed by atoms with Crippen molar-refractivity contribution in [3.8, 4) is 5.69 Å². The number of unbranched alkanes of at least 4 members (excludes halogenated alkanes) is 2. The molecule has 0 unspecified atom stereocenters. The number of anilines is 1. The molecule has 8 nitrogen and oxygen atoms in total. The van der Waals surface area contributed by atoms with Crippen LogP contribution < -0.4 is 5.32 Å². The van der Waals surface area contributed by atoms with Gasteiger partial charge in [0.15, 0.2) is 0 Å². The Balaban J connectivity index is 1.72. The lowest BCUT2D eigenvalue weighted by molar-refractivity contribution is 0.102. The Labute approximate surface area is 142 Å². The van der Waals surface area contributed by atoms with Crippen LogP contribution in [0.25, 0.3) is 5.69 Å². The van der Waals surface area contributed by atoms with E-state index in [0.29, 0.717) is 16.4 Å². The molecule has 0 saturated heterocycles. The molecule has 0 saturated carbocycles. The predicted octanol–water partition coefficient (Wildman–Crippen LogP) is 2.50. The topological polar surface area (TPSA) is 98.5 Å². The highest BCUT2D eigenvalue weighted by Crippen LogP contribution is 2.20. The molecular formula is C15H17N7OS. The van der Waals surface area contributed by atoms with Crippen molar-refractivity contribution in [1.29, 1.82) is 0 Å². The van der Waals surface area contributed by atoms with Gasteiger partial charge in [0.25, 0.3) is 5.91 Å². The van der Waals surface area contributed by atoms with E-state index in [9.17, 15) is 4.79 Å². The molecule has 9 heteroatoms. The van der Waals surface area contributed by atoms with Gasteiger partial charge < -0.3 is 0 Å². The second kappa shape index (κ2) is 7.73. The zero-order valence-corrected chi connectivity index (χ0v) is 14.0. The minimum absolute atomic E-state index is 0.266. The van der Waals surface area contributed by atoms with Gasteiger partial charge in [0.2, 0.25) is 5.13 Å². The lowest BCUT2D eigenvalue weighted by Gasteiger charge is -2.07. The molecule has 124 valence electrons. The molecule has 0 fully saturated rings. The summed E-state index contributed by atoms with van der Waals surface area (Å²) in [5, 5.41) is 23.4. The Morgan fingerprint density at radius 3 is 2.92 bits per heavy atom. The molecule has 0 aliphatic carbocycles. The van der Waals surface area contributed by atoms with E-state index in [2.05, 4.69) is 38.0 Å². The first-order valence-electron chi connectivity index (χ1n) is 7.74. The van der Waals surface area contributed by atoms with Crippen molar-refractivity contribution in [3.05, 3.63) is 41.2 Å². The lowest BCUT2D eigenvalue weighted by Crippen LogP contribution is -2.15. The average Bonchev–Trinajstić information content (AvgIpc) is 3.27. The summed E-state index contributed by atoms with van der Waals surface area (Å²) in [7, 11) is 0. The van der Waals surface area contributed by atoms with Gasteiger partial charge in [0.05, 0.1) is 11.3 Å². The Morgan fingerprint density at radius 2 is 2.12 bits per heavy atom. The molecule has 3 aromatic rings. The Kier molecular flexibility index (Phi) is 5.22. The number of hydrogen-bond acceptors (Lipinski definition) is 7. The summed E-state index contributed by atoms with van der Waals surface area (Å²) in [6.07, 6.45) is 5.75. The molecule has 3 rings (SSSR count). The number of nitrogens with zero attached hydrogens (tertiary/aromatic N) is 6. The maximum atomic E-state index is 12.5. The summed E-state index contributed by atoms with van der Waals surface area (Å²) in [6, 6.07) is 7.11. The fourth-order valence-electron chi connectivity index (χ4n) is 2.23. The van der Waals surface area contributed by atoms with E-state index in [-0.39, 0.29) is 5.91 Å². The second-order valence-corrected chi connectivity index (χ2v) is 6.25. The van der Waals surface area contributed by atoms with Crippen molar-refractivity contribution in [2.75, 3.05) is 5.32 Å². The monoisotopic (exact) mass is 343 g/mol. The van der Waals surface area contributed by atoms with Gasteiger partial charge in [0.1, 0.15) is 11.3 Å². The van der Waals surface area contributed by atoms with Crippen LogP contribution in [0.1, 0.15) is 41.6 Å². The maximum Gasteiger partial charge on any atom is 0.259 e. The number of carbonyl (C=O) groups excluding carboxylic acids is 1. The number of aromatic nitrogens is 6. The SMILES string of the molecule is CCCCCc1nnc(NC(=O)c2ccccc2-n2cnnn2)s1. The number of nitrogens with one attached hydrogen (secondary N) is 1. The van der Waals surface area contributed by atoms with Crippen molar-refractivity contribution in [2.24, 2.45) is 0 Å². The summed E-state index contributed by atoms with van der Waals surface area (Å²) < 4.78 is 1.45. The molecule has 2 aromatic heterocycles. The third kappa shape index (κ3) is 3.80. The van der Waals surface area contributed by atoms with Gasteiger partial charge in [-0.05, 0) is 29.0 Å². The standard InChI is InChI=1S/C15H17N7OS/c1-2-3-4-9-13-18-19-15(24-13)17-14(23)11-7-5-6-8-12(11)22-10-16-20-21-22/h5-8,10H,2-4,9H2,1H3,(H,17,19,23). The molecule has 2 heterocycles. The zero-order chi connectivity index (χ0) is 16.8.